The Balaban J connectivity index is 3.06. The monoisotopic (exact) mass is 458 g/mol. The molecule has 0 aromatic carbocycles. The molecule has 102 valence electrons. The van der Waals surface area contributed by atoms with Gasteiger partial charge in [0.15, 0.2) is 0 Å². The van der Waals surface area contributed by atoms with Crippen molar-refractivity contribution >= 4 is 40.7 Å². The van der Waals surface area contributed by atoms with Crippen molar-refractivity contribution in [3.8, 4) is 0 Å². The molecule has 1 aliphatic heterocycles. The van der Waals surface area contributed by atoms with Gasteiger partial charge in [0.2, 0.25) is 0 Å². The third kappa shape index (κ3) is 3.08. The average Bonchev–Trinajstić information content (AvgIpc) is 2.59. The molecule has 1 rings (SSSR count). The summed E-state index contributed by atoms with van der Waals surface area (Å²) in [6.07, 6.45) is -0.925. The van der Waals surface area contributed by atoms with E-state index in [1.807, 2.05) is 0 Å². The van der Waals surface area contributed by atoms with Crippen molar-refractivity contribution in [1.82, 2.24) is 0 Å². The summed E-state index contributed by atoms with van der Waals surface area (Å²) in [6.45, 7) is 19.6. The third-order valence-corrected chi connectivity index (χ3v) is 62.6. The first-order chi connectivity index (χ1) is 7.69. The first kappa shape index (κ1) is 17.2. The van der Waals surface area contributed by atoms with E-state index < -0.39 is 11.2 Å². The van der Waals surface area contributed by atoms with E-state index in [-0.39, 0.29) is 18.1 Å². The number of nitrogens with zero attached hydrogens (tertiary/aromatic N) is 1. The molecular formula is C12H28NP2SeTe+. The maximum absolute atomic E-state index is 5.76. The Bertz CT molecular complexity index is 227. The van der Waals surface area contributed by atoms with Gasteiger partial charge in [-0.15, -0.1) is 0 Å². The van der Waals surface area contributed by atoms with E-state index in [0.717, 1.165) is 34.0 Å². The normalized spacial score (nSPS) is 23.3. The standard InChI is InChI=1S/C12H28NP2SeTe/c1-9(2)14(10(3)4)13-15(11(5)6,12(7)8)17-16-14/h9-12H,1-8H3/q+1. The second-order valence-corrected chi connectivity index (χ2v) is 37.6. The number of hydrogen-bond acceptors (Lipinski definition) is 0. The maximum atomic E-state index is 5.76. The molecule has 0 aromatic heterocycles. The third-order valence-electron chi connectivity index (χ3n) is 3.51. The molecular weight excluding hydrogens is 427 g/mol. The summed E-state index contributed by atoms with van der Waals surface area (Å²) < 4.78 is 0. The van der Waals surface area contributed by atoms with Gasteiger partial charge >= 0.3 is 124 Å². The van der Waals surface area contributed by atoms with E-state index in [1.54, 1.807) is 0 Å². The van der Waals surface area contributed by atoms with Crippen LogP contribution in [0.5, 0.6) is 0 Å². The van der Waals surface area contributed by atoms with Crippen LogP contribution in [0.1, 0.15) is 55.4 Å². The molecule has 0 atom stereocenters. The quantitative estimate of drug-likeness (QED) is 0.418. The van der Waals surface area contributed by atoms with Crippen LogP contribution in [-0.4, -0.2) is 52.1 Å². The summed E-state index contributed by atoms with van der Waals surface area (Å²) >= 11 is 1.16. The SMILES string of the molecule is CC(C)[P+]1(C(C)C)[N-][P+](C(C)C)(C(C)C)[Te][Se]1. The van der Waals surface area contributed by atoms with E-state index in [2.05, 4.69) is 55.4 Å². The van der Waals surface area contributed by atoms with Crippen molar-refractivity contribution < 1.29 is 0 Å². The second-order valence-electron chi connectivity index (χ2n) is 5.96. The molecule has 0 radical (unpaired) electrons. The van der Waals surface area contributed by atoms with Crippen molar-refractivity contribution in [2.75, 3.05) is 0 Å². The van der Waals surface area contributed by atoms with Crippen LogP contribution in [0.3, 0.4) is 0 Å². The van der Waals surface area contributed by atoms with Gasteiger partial charge in [-0.1, -0.05) is 0 Å². The summed E-state index contributed by atoms with van der Waals surface area (Å²) in [6, 6.07) is 0. The van der Waals surface area contributed by atoms with Crippen molar-refractivity contribution in [3.63, 3.8) is 0 Å². The predicted molar refractivity (Wildman–Crippen MR) is 89.3 cm³/mol. The summed E-state index contributed by atoms with van der Waals surface area (Å²) in [4.78, 5) is 5.76. The summed E-state index contributed by atoms with van der Waals surface area (Å²) in [5, 5.41) is -0.888. The second kappa shape index (κ2) is 6.27. The van der Waals surface area contributed by atoms with Crippen molar-refractivity contribution in [2.45, 2.75) is 78.0 Å². The zero-order valence-corrected chi connectivity index (χ0v) is 18.3. The molecule has 17 heavy (non-hydrogen) atoms. The number of hydrogen-bond donors (Lipinski definition) is 0. The van der Waals surface area contributed by atoms with Crippen LogP contribution in [0, 0.1) is 0 Å². The fourth-order valence-electron chi connectivity index (χ4n) is 2.31. The average molecular weight is 455 g/mol. The zero-order chi connectivity index (χ0) is 13.4. The summed E-state index contributed by atoms with van der Waals surface area (Å²) in [5.41, 5.74) is 3.44. The molecule has 1 fully saturated rings. The van der Waals surface area contributed by atoms with E-state index in [1.165, 1.54) is 0 Å². The van der Waals surface area contributed by atoms with Crippen LogP contribution < -0.4 is 0 Å². The van der Waals surface area contributed by atoms with Gasteiger partial charge in [-0.3, -0.25) is 0 Å². The Hall–Kier alpha value is 2.13. The summed E-state index contributed by atoms with van der Waals surface area (Å²) in [7, 11) is 0. The Labute approximate surface area is 123 Å². The topological polar surface area (TPSA) is 14.1 Å². The Kier molecular flexibility index (Phi) is 6.34. The van der Waals surface area contributed by atoms with Crippen molar-refractivity contribution in [3.05, 3.63) is 4.86 Å². The minimum atomic E-state index is -0.925. The van der Waals surface area contributed by atoms with E-state index >= 15 is 0 Å². The molecule has 0 saturated carbocycles. The van der Waals surface area contributed by atoms with Gasteiger partial charge in [-0.25, -0.2) is 0 Å². The number of rotatable bonds is 4. The molecule has 0 bridgehead atoms. The van der Waals surface area contributed by atoms with E-state index in [9.17, 15) is 0 Å². The molecule has 5 heteroatoms. The van der Waals surface area contributed by atoms with Crippen LogP contribution in [0.25, 0.3) is 4.86 Å². The molecule has 1 saturated heterocycles. The van der Waals surface area contributed by atoms with Gasteiger partial charge in [-0.05, 0) is 0 Å². The van der Waals surface area contributed by atoms with Crippen LogP contribution >= 0.6 is 11.2 Å². The first-order valence-electron chi connectivity index (χ1n) is 6.58. The summed E-state index contributed by atoms with van der Waals surface area (Å²) in [5.74, 6) is 0. The molecule has 1 aliphatic rings. The Morgan fingerprint density at radius 3 is 1.35 bits per heavy atom. The molecule has 1 nitrogen and oxygen atoms in total. The van der Waals surface area contributed by atoms with Gasteiger partial charge in [0.05, 0.1) is 0 Å². The molecule has 0 N–H and O–H groups in total. The molecule has 0 aliphatic carbocycles. The van der Waals surface area contributed by atoms with Gasteiger partial charge < -0.3 is 0 Å². The van der Waals surface area contributed by atoms with Crippen LogP contribution in [0.4, 0.5) is 0 Å². The molecule has 0 spiro atoms. The molecule has 0 aromatic rings. The van der Waals surface area contributed by atoms with Gasteiger partial charge in [0.1, 0.15) is 0 Å². The van der Waals surface area contributed by atoms with Crippen LogP contribution in [0.2, 0.25) is 0 Å². The minimum absolute atomic E-state index is 0.210. The van der Waals surface area contributed by atoms with Crippen LogP contribution in [0.15, 0.2) is 0 Å². The Morgan fingerprint density at radius 1 is 0.765 bits per heavy atom. The van der Waals surface area contributed by atoms with Gasteiger partial charge in [-0.2, -0.15) is 0 Å². The zero-order valence-electron chi connectivity index (χ0n) is 12.5. The first-order valence-corrected chi connectivity index (χ1v) is 21.2. The van der Waals surface area contributed by atoms with E-state index in [0.29, 0.717) is 0 Å². The fraction of sp³-hybridized carbons (Fsp3) is 1.00. The van der Waals surface area contributed by atoms with Crippen molar-refractivity contribution in [2.24, 2.45) is 0 Å². The van der Waals surface area contributed by atoms with Crippen LogP contribution in [-0.2, 0) is 0 Å². The van der Waals surface area contributed by atoms with Crippen molar-refractivity contribution in [1.29, 1.82) is 0 Å². The molecule has 0 amide bonds. The predicted octanol–water partition coefficient (Wildman–Crippen LogP) is 5.03. The fourth-order valence-corrected chi connectivity index (χ4v) is 96.4. The van der Waals surface area contributed by atoms with Gasteiger partial charge in [0, 0.05) is 0 Å². The molecule has 0 unspecified atom stereocenters. The Morgan fingerprint density at radius 2 is 1.18 bits per heavy atom. The van der Waals surface area contributed by atoms with E-state index in [4.69, 9.17) is 4.86 Å². The van der Waals surface area contributed by atoms with Gasteiger partial charge in [0.25, 0.3) is 0 Å². The molecule has 1 heterocycles.